The molecule has 0 spiro atoms. The maximum absolute atomic E-state index is 12.7. The lowest BCUT2D eigenvalue weighted by molar-refractivity contribution is -0.138. The maximum Gasteiger partial charge on any atom is 0.261 e. The minimum atomic E-state index is -0.307. The third-order valence-electron chi connectivity index (χ3n) is 4.75. The molecule has 0 aromatic heterocycles. The van der Waals surface area contributed by atoms with E-state index in [4.69, 9.17) is 14.2 Å². The summed E-state index contributed by atoms with van der Waals surface area (Å²) in [5, 5.41) is 2.79. The zero-order valence-corrected chi connectivity index (χ0v) is 18.9. The van der Waals surface area contributed by atoms with Gasteiger partial charge in [0.1, 0.15) is 12.3 Å². The van der Waals surface area contributed by atoms with Gasteiger partial charge in [-0.1, -0.05) is 25.5 Å². The maximum atomic E-state index is 12.7. The number of ether oxygens (including phenoxy) is 3. The summed E-state index contributed by atoms with van der Waals surface area (Å²) < 4.78 is 16.1. The minimum Gasteiger partial charge on any atom is -0.493 e. The molecular formula is C24H32N2O5. The third-order valence-corrected chi connectivity index (χ3v) is 4.75. The van der Waals surface area contributed by atoms with Crippen LogP contribution in [0.2, 0.25) is 0 Å². The van der Waals surface area contributed by atoms with Crippen LogP contribution in [0.25, 0.3) is 0 Å². The van der Waals surface area contributed by atoms with Crippen LogP contribution < -0.4 is 19.5 Å². The summed E-state index contributed by atoms with van der Waals surface area (Å²) in [6.07, 6.45) is 2.09. The molecule has 2 amide bonds. The summed E-state index contributed by atoms with van der Waals surface area (Å²) in [4.78, 5) is 26.7. The quantitative estimate of drug-likeness (QED) is 0.587. The molecule has 0 aliphatic carbocycles. The second-order valence-corrected chi connectivity index (χ2v) is 7.42. The Balaban J connectivity index is 1.95. The number of methoxy groups -OCH3 is 2. The Morgan fingerprint density at radius 3 is 2.26 bits per heavy atom. The molecular weight excluding hydrogens is 396 g/mol. The van der Waals surface area contributed by atoms with Crippen LogP contribution in [0.4, 0.5) is 5.69 Å². The van der Waals surface area contributed by atoms with Crippen molar-refractivity contribution in [2.45, 2.75) is 39.7 Å². The lowest BCUT2D eigenvalue weighted by Gasteiger charge is -2.26. The van der Waals surface area contributed by atoms with Gasteiger partial charge in [0, 0.05) is 17.8 Å². The normalized spacial score (nSPS) is 10.5. The Bertz CT molecular complexity index is 865. The first kappa shape index (κ1) is 24.1. The van der Waals surface area contributed by atoms with Crippen LogP contribution >= 0.6 is 0 Å². The summed E-state index contributed by atoms with van der Waals surface area (Å²) in [5.41, 5.74) is 1.79. The summed E-state index contributed by atoms with van der Waals surface area (Å²) in [5.74, 6) is 1.15. The Kier molecular flexibility index (Phi) is 9.18. The number of hydrogen-bond acceptors (Lipinski definition) is 5. The smallest absolute Gasteiger partial charge is 0.261 e. The average Bonchev–Trinajstić information content (AvgIpc) is 2.76. The van der Waals surface area contributed by atoms with Gasteiger partial charge in [-0.05, 0) is 50.1 Å². The number of aryl methyl sites for hydroxylation is 1. The highest BCUT2D eigenvalue weighted by Gasteiger charge is 2.21. The number of benzene rings is 2. The van der Waals surface area contributed by atoms with Crippen molar-refractivity contribution in [2.24, 2.45) is 0 Å². The first-order valence-electron chi connectivity index (χ1n) is 10.4. The fourth-order valence-corrected chi connectivity index (χ4v) is 3.10. The molecule has 0 atom stereocenters. The van der Waals surface area contributed by atoms with Crippen molar-refractivity contribution in [3.63, 3.8) is 0 Å². The van der Waals surface area contributed by atoms with Crippen molar-refractivity contribution in [3.05, 3.63) is 48.0 Å². The molecule has 31 heavy (non-hydrogen) atoms. The third kappa shape index (κ3) is 7.20. The highest BCUT2D eigenvalue weighted by atomic mass is 16.5. The molecule has 0 fully saturated rings. The van der Waals surface area contributed by atoms with Gasteiger partial charge in [-0.25, -0.2) is 0 Å². The van der Waals surface area contributed by atoms with E-state index in [0.717, 1.165) is 12.8 Å². The summed E-state index contributed by atoms with van der Waals surface area (Å²) in [6.45, 7) is 5.64. The minimum absolute atomic E-state index is 0.0797. The fourth-order valence-electron chi connectivity index (χ4n) is 3.10. The van der Waals surface area contributed by atoms with Gasteiger partial charge in [0.05, 0.1) is 14.2 Å². The van der Waals surface area contributed by atoms with E-state index in [1.807, 2.05) is 38.1 Å². The van der Waals surface area contributed by atoms with Gasteiger partial charge in [0.25, 0.3) is 5.91 Å². The number of carbonyl (C=O) groups excluding carboxylic acids is 2. The van der Waals surface area contributed by atoms with E-state index in [2.05, 4.69) is 12.2 Å². The van der Waals surface area contributed by atoms with Gasteiger partial charge in [-0.15, -0.1) is 0 Å². The lowest BCUT2D eigenvalue weighted by Crippen LogP contribution is -2.44. The largest absolute Gasteiger partial charge is 0.493 e. The van der Waals surface area contributed by atoms with E-state index in [1.165, 1.54) is 17.6 Å². The molecule has 0 aliphatic rings. The molecule has 7 nitrogen and oxygen atoms in total. The van der Waals surface area contributed by atoms with Crippen LogP contribution in [0, 0.1) is 0 Å². The van der Waals surface area contributed by atoms with E-state index < -0.39 is 0 Å². The van der Waals surface area contributed by atoms with Crippen molar-refractivity contribution in [1.29, 1.82) is 0 Å². The Morgan fingerprint density at radius 1 is 1.00 bits per heavy atom. The van der Waals surface area contributed by atoms with Gasteiger partial charge >= 0.3 is 0 Å². The summed E-state index contributed by atoms with van der Waals surface area (Å²) in [6, 6.07) is 12.7. The molecule has 1 N–H and O–H groups in total. The Morgan fingerprint density at radius 2 is 1.68 bits per heavy atom. The molecule has 0 bridgehead atoms. The van der Waals surface area contributed by atoms with Crippen molar-refractivity contribution in [1.82, 2.24) is 4.90 Å². The first-order valence-corrected chi connectivity index (χ1v) is 10.4. The molecule has 2 aromatic carbocycles. The highest BCUT2D eigenvalue weighted by molar-refractivity contribution is 5.95. The summed E-state index contributed by atoms with van der Waals surface area (Å²) in [7, 11) is 3.07. The van der Waals surface area contributed by atoms with Gasteiger partial charge in [-0.2, -0.15) is 0 Å². The average molecular weight is 429 g/mol. The first-order chi connectivity index (χ1) is 14.9. The van der Waals surface area contributed by atoms with E-state index >= 15 is 0 Å². The van der Waals surface area contributed by atoms with Crippen LogP contribution in [-0.4, -0.2) is 50.1 Å². The predicted molar refractivity (Wildman–Crippen MR) is 121 cm³/mol. The van der Waals surface area contributed by atoms with Gasteiger partial charge in [0.2, 0.25) is 5.91 Å². The van der Waals surface area contributed by atoms with E-state index in [0.29, 0.717) is 22.9 Å². The summed E-state index contributed by atoms with van der Waals surface area (Å²) >= 11 is 0. The number of nitrogens with zero attached hydrogens (tertiary/aromatic N) is 1. The zero-order valence-electron chi connectivity index (χ0n) is 18.9. The SMILES string of the molecule is CCCc1ccc(OCC(=O)N(CC(=O)Nc2ccc(OC)c(OC)c2)C(C)C)cc1. The van der Waals surface area contributed by atoms with Gasteiger partial charge in [0.15, 0.2) is 18.1 Å². The molecule has 0 saturated carbocycles. The monoisotopic (exact) mass is 428 g/mol. The van der Waals surface area contributed by atoms with Crippen molar-refractivity contribution >= 4 is 17.5 Å². The van der Waals surface area contributed by atoms with Gasteiger partial charge in [-0.3, -0.25) is 9.59 Å². The number of anilines is 1. The van der Waals surface area contributed by atoms with Crippen molar-refractivity contribution in [3.8, 4) is 17.2 Å². The lowest BCUT2D eigenvalue weighted by atomic mass is 10.1. The predicted octanol–water partition coefficient (Wildman–Crippen LogP) is 3.91. The number of rotatable bonds is 11. The molecule has 0 unspecified atom stereocenters. The Labute approximate surface area is 184 Å². The highest BCUT2D eigenvalue weighted by Crippen LogP contribution is 2.29. The van der Waals surface area contributed by atoms with Crippen LogP contribution in [0.1, 0.15) is 32.8 Å². The van der Waals surface area contributed by atoms with Crippen LogP contribution in [0.15, 0.2) is 42.5 Å². The Hall–Kier alpha value is -3.22. The van der Waals surface area contributed by atoms with Crippen LogP contribution in [-0.2, 0) is 16.0 Å². The van der Waals surface area contributed by atoms with E-state index in [9.17, 15) is 9.59 Å². The van der Waals surface area contributed by atoms with Crippen LogP contribution in [0.3, 0.4) is 0 Å². The number of amides is 2. The number of carbonyl (C=O) groups is 2. The van der Waals surface area contributed by atoms with Crippen molar-refractivity contribution < 1.29 is 23.8 Å². The van der Waals surface area contributed by atoms with Gasteiger partial charge < -0.3 is 24.4 Å². The molecule has 0 heterocycles. The second-order valence-electron chi connectivity index (χ2n) is 7.42. The number of hydrogen-bond donors (Lipinski definition) is 1. The standard InChI is InChI=1S/C24H32N2O5/c1-6-7-18-8-11-20(12-9-18)31-16-24(28)26(17(2)3)15-23(27)25-19-10-13-21(29-4)22(14-19)30-5/h8-14,17H,6-7,15-16H2,1-5H3,(H,25,27). The molecule has 0 aliphatic heterocycles. The number of nitrogens with one attached hydrogen (secondary N) is 1. The topological polar surface area (TPSA) is 77.1 Å². The zero-order chi connectivity index (χ0) is 22.8. The molecule has 2 aromatic rings. The van der Waals surface area contributed by atoms with E-state index in [-0.39, 0.29) is 31.0 Å². The second kappa shape index (κ2) is 11.8. The fraction of sp³-hybridized carbons (Fsp3) is 0.417. The molecule has 0 saturated heterocycles. The molecule has 2 rings (SSSR count). The van der Waals surface area contributed by atoms with E-state index in [1.54, 1.807) is 25.3 Å². The molecule has 7 heteroatoms. The molecule has 168 valence electrons. The molecule has 0 radical (unpaired) electrons. The van der Waals surface area contributed by atoms with Crippen molar-refractivity contribution in [2.75, 3.05) is 32.7 Å². The van der Waals surface area contributed by atoms with Crippen LogP contribution in [0.5, 0.6) is 17.2 Å².